The lowest BCUT2D eigenvalue weighted by Gasteiger charge is -2.28. The summed E-state index contributed by atoms with van der Waals surface area (Å²) in [6.45, 7) is 3.58. The normalized spacial score (nSPS) is 25.4. The summed E-state index contributed by atoms with van der Waals surface area (Å²) in [7, 11) is -3.42. The number of Topliss-reactive ketones (excluding diaryl/α,β-unsaturated/α-hetero) is 1. The third kappa shape index (κ3) is 3.26. The number of rotatable bonds is 4. The number of sulfone groups is 1. The lowest BCUT2D eigenvalue weighted by Crippen LogP contribution is -2.37. The van der Waals surface area contributed by atoms with E-state index in [-0.39, 0.29) is 11.0 Å². The maximum Gasteiger partial charge on any atom is 0.190 e. The van der Waals surface area contributed by atoms with Gasteiger partial charge in [-0.2, -0.15) is 0 Å². The fourth-order valence-electron chi connectivity index (χ4n) is 2.76. The molecular formula is C14H19ClO3S2. The van der Waals surface area contributed by atoms with Crippen molar-refractivity contribution in [2.75, 3.05) is 0 Å². The van der Waals surface area contributed by atoms with Crippen LogP contribution in [0.1, 0.15) is 49.2 Å². The molecule has 6 heteroatoms. The van der Waals surface area contributed by atoms with Gasteiger partial charge in [-0.25, -0.2) is 8.42 Å². The zero-order valence-electron chi connectivity index (χ0n) is 11.6. The minimum absolute atomic E-state index is 0.333. The maximum atomic E-state index is 12.6. The molecule has 0 radical (unpaired) electrons. The molecule has 0 aromatic carbocycles. The number of ketones is 1. The molecule has 1 fully saturated rings. The highest BCUT2D eigenvalue weighted by atomic mass is 35.5. The fraction of sp³-hybridized carbons (Fsp3) is 0.643. The Labute approximate surface area is 129 Å². The highest BCUT2D eigenvalue weighted by molar-refractivity contribution is 7.93. The Morgan fingerprint density at radius 1 is 1.40 bits per heavy atom. The predicted octanol–water partition coefficient (Wildman–Crippen LogP) is 3.97. The summed E-state index contributed by atoms with van der Waals surface area (Å²) in [6.07, 6.45) is 3.35. The lowest BCUT2D eigenvalue weighted by molar-refractivity contribution is 0.0994. The molecule has 3 atom stereocenters. The van der Waals surface area contributed by atoms with E-state index in [1.807, 2.05) is 0 Å². The zero-order valence-corrected chi connectivity index (χ0v) is 14.0. The van der Waals surface area contributed by atoms with E-state index in [4.69, 9.17) is 11.6 Å². The average Bonchev–Trinajstić information content (AvgIpc) is 2.83. The van der Waals surface area contributed by atoms with Gasteiger partial charge in [-0.15, -0.1) is 11.3 Å². The summed E-state index contributed by atoms with van der Waals surface area (Å²) in [6, 6.07) is 3.23. The molecule has 1 aromatic heterocycles. The van der Waals surface area contributed by atoms with Crippen LogP contribution in [0.2, 0.25) is 4.34 Å². The molecule has 0 saturated heterocycles. The van der Waals surface area contributed by atoms with E-state index in [9.17, 15) is 13.2 Å². The van der Waals surface area contributed by atoms with Gasteiger partial charge in [-0.3, -0.25) is 4.79 Å². The summed E-state index contributed by atoms with van der Waals surface area (Å²) in [5.41, 5.74) is 0. The topological polar surface area (TPSA) is 51.2 Å². The van der Waals surface area contributed by atoms with E-state index in [0.717, 1.165) is 24.2 Å². The SMILES string of the molecule is CC1CCCC(S(=O)(=O)C(C)C(=O)c2ccc(Cl)s2)C1. The van der Waals surface area contributed by atoms with Gasteiger partial charge < -0.3 is 0 Å². The molecular weight excluding hydrogens is 316 g/mol. The molecule has 0 spiro atoms. The highest BCUT2D eigenvalue weighted by Gasteiger charge is 2.38. The molecule has 0 aliphatic heterocycles. The van der Waals surface area contributed by atoms with Gasteiger partial charge in [0.2, 0.25) is 0 Å². The van der Waals surface area contributed by atoms with Gasteiger partial charge in [0.15, 0.2) is 15.6 Å². The van der Waals surface area contributed by atoms with Gasteiger partial charge >= 0.3 is 0 Å². The molecule has 0 N–H and O–H groups in total. The van der Waals surface area contributed by atoms with Gasteiger partial charge in [0.05, 0.1) is 14.5 Å². The fourth-order valence-corrected chi connectivity index (χ4v) is 6.00. The number of thiophene rings is 1. The van der Waals surface area contributed by atoms with Crippen molar-refractivity contribution in [2.45, 2.75) is 50.0 Å². The minimum atomic E-state index is -3.42. The van der Waals surface area contributed by atoms with Gasteiger partial charge in [0.1, 0.15) is 5.25 Å². The molecule has 1 aliphatic carbocycles. The van der Waals surface area contributed by atoms with Crippen LogP contribution in [0, 0.1) is 5.92 Å². The van der Waals surface area contributed by atoms with E-state index >= 15 is 0 Å². The summed E-state index contributed by atoms with van der Waals surface area (Å²) in [5, 5.41) is -1.35. The molecule has 0 bridgehead atoms. The smallest absolute Gasteiger partial charge is 0.190 e. The summed E-state index contributed by atoms with van der Waals surface area (Å²) in [5.74, 6) is 0.0853. The first-order valence-electron chi connectivity index (χ1n) is 6.84. The van der Waals surface area contributed by atoms with Crippen LogP contribution < -0.4 is 0 Å². The second-order valence-electron chi connectivity index (χ2n) is 5.59. The van der Waals surface area contributed by atoms with Gasteiger partial charge in [0, 0.05) is 0 Å². The van der Waals surface area contributed by atoms with E-state index in [1.54, 1.807) is 12.1 Å². The van der Waals surface area contributed by atoms with Crippen molar-refractivity contribution in [1.29, 1.82) is 0 Å². The maximum absolute atomic E-state index is 12.6. The number of hydrogen-bond donors (Lipinski definition) is 0. The van der Waals surface area contributed by atoms with E-state index in [2.05, 4.69) is 6.92 Å². The number of carbonyl (C=O) groups is 1. The number of halogens is 1. The van der Waals surface area contributed by atoms with Crippen LogP contribution in [0.25, 0.3) is 0 Å². The number of carbonyl (C=O) groups excluding carboxylic acids is 1. The van der Waals surface area contributed by atoms with Crippen LogP contribution in [0.5, 0.6) is 0 Å². The van der Waals surface area contributed by atoms with Crippen molar-refractivity contribution in [1.82, 2.24) is 0 Å². The quantitative estimate of drug-likeness (QED) is 0.783. The molecule has 1 heterocycles. The van der Waals surface area contributed by atoms with Crippen LogP contribution in [0.3, 0.4) is 0 Å². The minimum Gasteiger partial charge on any atom is -0.292 e. The molecule has 1 aliphatic rings. The van der Waals surface area contributed by atoms with Crippen LogP contribution in [0.4, 0.5) is 0 Å². The molecule has 3 nitrogen and oxygen atoms in total. The first-order chi connectivity index (χ1) is 9.32. The average molecular weight is 335 g/mol. The second-order valence-corrected chi connectivity index (χ2v) is 9.86. The molecule has 0 amide bonds. The molecule has 2 rings (SSSR count). The Kier molecular flexibility index (Phi) is 4.92. The van der Waals surface area contributed by atoms with Crippen molar-refractivity contribution < 1.29 is 13.2 Å². The first-order valence-corrected chi connectivity index (χ1v) is 9.65. The Hall–Kier alpha value is -0.390. The Morgan fingerprint density at radius 3 is 2.65 bits per heavy atom. The Bertz CT molecular complexity index is 591. The Balaban J connectivity index is 2.18. The molecule has 1 aromatic rings. The van der Waals surface area contributed by atoms with Crippen molar-refractivity contribution in [3.05, 3.63) is 21.3 Å². The monoisotopic (exact) mass is 334 g/mol. The molecule has 20 heavy (non-hydrogen) atoms. The summed E-state index contributed by atoms with van der Waals surface area (Å²) in [4.78, 5) is 12.7. The highest BCUT2D eigenvalue weighted by Crippen LogP contribution is 2.32. The van der Waals surface area contributed by atoms with Crippen molar-refractivity contribution in [3.8, 4) is 0 Å². The largest absolute Gasteiger partial charge is 0.292 e. The third-order valence-electron chi connectivity index (χ3n) is 4.03. The van der Waals surface area contributed by atoms with Crippen LogP contribution in [-0.2, 0) is 9.84 Å². The summed E-state index contributed by atoms with van der Waals surface area (Å²) >= 11 is 6.95. The first kappa shape index (κ1) is 16.0. The molecule has 1 saturated carbocycles. The van der Waals surface area contributed by atoms with Crippen molar-refractivity contribution in [3.63, 3.8) is 0 Å². The third-order valence-corrected chi connectivity index (χ3v) is 7.83. The molecule has 3 unspecified atom stereocenters. The van der Waals surface area contributed by atoms with Gasteiger partial charge in [-0.1, -0.05) is 31.4 Å². The van der Waals surface area contributed by atoms with Crippen molar-refractivity contribution in [2.24, 2.45) is 5.92 Å². The Morgan fingerprint density at radius 2 is 2.10 bits per heavy atom. The predicted molar refractivity (Wildman–Crippen MR) is 83.5 cm³/mol. The molecule has 112 valence electrons. The zero-order chi connectivity index (χ0) is 14.9. The summed E-state index contributed by atoms with van der Waals surface area (Å²) < 4.78 is 25.7. The van der Waals surface area contributed by atoms with Crippen LogP contribution >= 0.6 is 22.9 Å². The van der Waals surface area contributed by atoms with E-state index < -0.39 is 15.1 Å². The lowest BCUT2D eigenvalue weighted by atomic mass is 9.91. The van der Waals surface area contributed by atoms with Crippen LogP contribution in [-0.4, -0.2) is 24.7 Å². The number of hydrogen-bond acceptors (Lipinski definition) is 4. The second kappa shape index (κ2) is 6.16. The van der Waals surface area contributed by atoms with E-state index in [0.29, 0.717) is 28.0 Å². The van der Waals surface area contributed by atoms with Gasteiger partial charge in [-0.05, 0) is 37.8 Å². The standard InChI is InChI=1S/C14H19ClO3S2/c1-9-4-3-5-11(8-9)20(17,18)10(2)14(16)12-6-7-13(15)19-12/h6-7,9-11H,3-5,8H2,1-2H3. The van der Waals surface area contributed by atoms with Crippen molar-refractivity contribution >= 4 is 38.6 Å². The van der Waals surface area contributed by atoms with E-state index in [1.165, 1.54) is 6.92 Å². The van der Waals surface area contributed by atoms with Crippen LogP contribution in [0.15, 0.2) is 12.1 Å². The van der Waals surface area contributed by atoms with Gasteiger partial charge in [0.25, 0.3) is 0 Å².